The van der Waals surface area contributed by atoms with Crippen molar-refractivity contribution in [3.8, 4) is 6.07 Å². The lowest BCUT2D eigenvalue weighted by molar-refractivity contribution is 1.14. The van der Waals surface area contributed by atoms with Crippen LogP contribution in [0.1, 0.15) is 29.2 Å². The number of hydrogen-bond acceptors (Lipinski definition) is 2. The maximum absolute atomic E-state index is 9.04. The SMILES string of the molecule is CCc1ccc(C(=S)C=Cc2ccccc2C#N)cc1. The molecule has 0 saturated heterocycles. The Labute approximate surface area is 125 Å². The molecule has 0 fully saturated rings. The van der Waals surface area contributed by atoms with Crippen LogP contribution in [0.25, 0.3) is 6.08 Å². The summed E-state index contributed by atoms with van der Waals surface area (Å²) in [5.41, 5.74) is 3.88. The molecule has 0 aromatic heterocycles. The second kappa shape index (κ2) is 6.79. The summed E-state index contributed by atoms with van der Waals surface area (Å²) < 4.78 is 0. The average molecular weight is 277 g/mol. The topological polar surface area (TPSA) is 23.8 Å². The van der Waals surface area contributed by atoms with E-state index in [1.807, 2.05) is 42.5 Å². The van der Waals surface area contributed by atoms with E-state index in [1.165, 1.54) is 5.56 Å². The smallest absolute Gasteiger partial charge is 0.0997 e. The summed E-state index contributed by atoms with van der Waals surface area (Å²) in [6, 6.07) is 18.0. The highest BCUT2D eigenvalue weighted by Gasteiger charge is 1.99. The van der Waals surface area contributed by atoms with E-state index in [2.05, 4.69) is 25.1 Å². The Morgan fingerprint density at radius 3 is 2.50 bits per heavy atom. The highest BCUT2D eigenvalue weighted by Crippen LogP contribution is 2.12. The second-order valence-electron chi connectivity index (χ2n) is 4.45. The van der Waals surface area contributed by atoms with Crippen molar-refractivity contribution in [2.45, 2.75) is 13.3 Å². The summed E-state index contributed by atoms with van der Waals surface area (Å²) in [4.78, 5) is 0.778. The molecule has 0 spiro atoms. The standard InChI is InChI=1S/C18H15NS/c1-2-14-7-9-16(10-8-14)18(20)12-11-15-5-3-4-6-17(15)13-19/h3-12H,2H2,1H3. The van der Waals surface area contributed by atoms with Gasteiger partial charge in [0.15, 0.2) is 0 Å². The molecular formula is C18H15NS. The molecule has 0 aliphatic heterocycles. The fourth-order valence-electron chi connectivity index (χ4n) is 1.91. The summed E-state index contributed by atoms with van der Waals surface area (Å²) >= 11 is 5.41. The van der Waals surface area contributed by atoms with Gasteiger partial charge in [-0.25, -0.2) is 0 Å². The van der Waals surface area contributed by atoms with Gasteiger partial charge in [0.25, 0.3) is 0 Å². The molecule has 0 N–H and O–H groups in total. The van der Waals surface area contributed by atoms with Crippen LogP contribution >= 0.6 is 12.2 Å². The lowest BCUT2D eigenvalue weighted by atomic mass is 10.0. The zero-order chi connectivity index (χ0) is 14.4. The minimum absolute atomic E-state index is 0.660. The number of aryl methyl sites for hydroxylation is 1. The molecule has 2 rings (SSSR count). The molecule has 0 radical (unpaired) electrons. The third-order valence-electron chi connectivity index (χ3n) is 3.14. The number of thiocarbonyl (C=S) groups is 1. The highest BCUT2D eigenvalue weighted by atomic mass is 32.1. The van der Waals surface area contributed by atoms with Gasteiger partial charge in [-0.3, -0.25) is 0 Å². The van der Waals surface area contributed by atoms with Gasteiger partial charge in [-0.2, -0.15) is 5.26 Å². The van der Waals surface area contributed by atoms with Crippen LogP contribution < -0.4 is 0 Å². The Bertz CT molecular complexity index is 675. The highest BCUT2D eigenvalue weighted by molar-refractivity contribution is 7.81. The minimum atomic E-state index is 0.660. The van der Waals surface area contributed by atoms with E-state index >= 15 is 0 Å². The maximum atomic E-state index is 9.04. The Morgan fingerprint density at radius 1 is 1.15 bits per heavy atom. The fourth-order valence-corrected chi connectivity index (χ4v) is 2.11. The number of nitriles is 1. The van der Waals surface area contributed by atoms with Crippen molar-refractivity contribution >= 4 is 23.2 Å². The molecule has 1 nitrogen and oxygen atoms in total. The molecule has 20 heavy (non-hydrogen) atoms. The van der Waals surface area contributed by atoms with Crippen LogP contribution in [0, 0.1) is 11.3 Å². The van der Waals surface area contributed by atoms with E-state index in [-0.39, 0.29) is 0 Å². The van der Waals surface area contributed by atoms with Gasteiger partial charge in [0.2, 0.25) is 0 Å². The van der Waals surface area contributed by atoms with E-state index in [0.29, 0.717) is 5.56 Å². The molecule has 2 heteroatoms. The van der Waals surface area contributed by atoms with Crippen LogP contribution in [0.15, 0.2) is 54.6 Å². The molecule has 2 aromatic carbocycles. The summed E-state index contributed by atoms with van der Waals surface area (Å²) in [5, 5.41) is 9.04. The van der Waals surface area contributed by atoms with E-state index < -0.39 is 0 Å². The molecule has 0 unspecified atom stereocenters. The van der Waals surface area contributed by atoms with Crippen molar-refractivity contribution in [1.82, 2.24) is 0 Å². The van der Waals surface area contributed by atoms with Gasteiger partial charge >= 0.3 is 0 Å². The number of rotatable bonds is 4. The predicted molar refractivity (Wildman–Crippen MR) is 87.7 cm³/mol. The lowest BCUT2D eigenvalue weighted by Crippen LogP contribution is -1.93. The van der Waals surface area contributed by atoms with Crippen molar-refractivity contribution in [2.24, 2.45) is 0 Å². The largest absolute Gasteiger partial charge is 0.192 e. The normalized spacial score (nSPS) is 10.4. The molecule has 0 aliphatic rings. The first kappa shape index (κ1) is 14.2. The Hall–Kier alpha value is -2.24. The van der Waals surface area contributed by atoms with Gasteiger partial charge < -0.3 is 0 Å². The first-order chi connectivity index (χ1) is 9.74. The molecule has 0 heterocycles. The van der Waals surface area contributed by atoms with E-state index in [4.69, 9.17) is 17.5 Å². The van der Waals surface area contributed by atoms with Crippen LogP contribution in [0.5, 0.6) is 0 Å². The minimum Gasteiger partial charge on any atom is -0.192 e. The van der Waals surface area contributed by atoms with Crippen molar-refractivity contribution in [3.63, 3.8) is 0 Å². The van der Waals surface area contributed by atoms with E-state index in [9.17, 15) is 0 Å². The van der Waals surface area contributed by atoms with Crippen molar-refractivity contribution in [2.75, 3.05) is 0 Å². The molecule has 0 amide bonds. The summed E-state index contributed by atoms with van der Waals surface area (Å²) in [6.45, 7) is 2.13. The lowest BCUT2D eigenvalue weighted by Gasteiger charge is -2.01. The van der Waals surface area contributed by atoms with Crippen LogP contribution in [0.2, 0.25) is 0 Å². The number of hydrogen-bond donors (Lipinski definition) is 0. The maximum Gasteiger partial charge on any atom is 0.0997 e. The molecular weight excluding hydrogens is 262 g/mol. The van der Waals surface area contributed by atoms with Gasteiger partial charge in [-0.15, -0.1) is 0 Å². The monoisotopic (exact) mass is 277 g/mol. The quantitative estimate of drug-likeness (QED) is 0.465. The molecule has 0 aliphatic carbocycles. The van der Waals surface area contributed by atoms with Crippen molar-refractivity contribution < 1.29 is 0 Å². The summed E-state index contributed by atoms with van der Waals surface area (Å²) in [6.07, 6.45) is 4.81. The van der Waals surface area contributed by atoms with Crippen LogP contribution in [-0.4, -0.2) is 4.86 Å². The van der Waals surface area contributed by atoms with E-state index in [0.717, 1.165) is 22.4 Å². The van der Waals surface area contributed by atoms with E-state index in [1.54, 1.807) is 6.07 Å². The van der Waals surface area contributed by atoms with Gasteiger partial charge in [0, 0.05) is 4.86 Å². The molecule has 0 atom stereocenters. The Morgan fingerprint density at radius 2 is 1.85 bits per heavy atom. The van der Waals surface area contributed by atoms with Crippen LogP contribution in [0.3, 0.4) is 0 Å². The first-order valence-electron chi connectivity index (χ1n) is 6.55. The second-order valence-corrected chi connectivity index (χ2v) is 4.89. The number of nitrogens with zero attached hydrogens (tertiary/aromatic N) is 1. The third-order valence-corrected chi connectivity index (χ3v) is 3.51. The number of allylic oxidation sites excluding steroid dienone is 1. The Kier molecular flexibility index (Phi) is 4.81. The number of benzene rings is 2. The van der Waals surface area contributed by atoms with Crippen molar-refractivity contribution in [3.05, 3.63) is 76.9 Å². The van der Waals surface area contributed by atoms with Crippen LogP contribution in [0.4, 0.5) is 0 Å². The third kappa shape index (κ3) is 3.40. The predicted octanol–water partition coefficient (Wildman–Crippen LogP) is 4.55. The zero-order valence-corrected chi connectivity index (χ0v) is 12.2. The van der Waals surface area contributed by atoms with Gasteiger partial charge in [-0.05, 0) is 35.3 Å². The van der Waals surface area contributed by atoms with Gasteiger partial charge in [-0.1, -0.05) is 67.7 Å². The van der Waals surface area contributed by atoms with Crippen LogP contribution in [-0.2, 0) is 6.42 Å². The molecule has 98 valence electrons. The molecule has 0 bridgehead atoms. The molecule has 2 aromatic rings. The fraction of sp³-hybridized carbons (Fsp3) is 0.111. The summed E-state index contributed by atoms with van der Waals surface area (Å²) in [7, 11) is 0. The Balaban J connectivity index is 2.18. The van der Waals surface area contributed by atoms with Crippen molar-refractivity contribution in [1.29, 1.82) is 5.26 Å². The average Bonchev–Trinajstić information content (AvgIpc) is 2.53. The van der Waals surface area contributed by atoms with Gasteiger partial charge in [0.05, 0.1) is 11.6 Å². The van der Waals surface area contributed by atoms with Gasteiger partial charge in [0.1, 0.15) is 0 Å². The first-order valence-corrected chi connectivity index (χ1v) is 6.96. The molecule has 0 saturated carbocycles. The summed E-state index contributed by atoms with van der Waals surface area (Å²) in [5.74, 6) is 0. The zero-order valence-electron chi connectivity index (χ0n) is 11.3.